The number of rotatable bonds is 4. The van der Waals surface area contributed by atoms with Gasteiger partial charge in [0.1, 0.15) is 10.5 Å². The van der Waals surface area contributed by atoms with Crippen molar-refractivity contribution in [3.63, 3.8) is 0 Å². The molecule has 0 radical (unpaired) electrons. The van der Waals surface area contributed by atoms with Gasteiger partial charge in [0.05, 0.1) is 11.1 Å². The van der Waals surface area contributed by atoms with Gasteiger partial charge in [-0.25, -0.2) is 13.1 Å². The highest BCUT2D eigenvalue weighted by atomic mass is 32.2. The Kier molecular flexibility index (Phi) is 4.75. The number of aromatic nitrogens is 1. The fourth-order valence-electron chi connectivity index (χ4n) is 3.82. The Bertz CT molecular complexity index is 1540. The Hall–Kier alpha value is -3.40. The third kappa shape index (κ3) is 3.95. The molecule has 33 heavy (non-hydrogen) atoms. The van der Waals surface area contributed by atoms with Gasteiger partial charge in [-0.1, -0.05) is 18.2 Å². The fourth-order valence-corrected chi connectivity index (χ4v) is 4.95. The first-order valence-corrected chi connectivity index (χ1v) is 11.6. The molecular formula is C23H17F3N2O4S. The molecule has 4 aromatic rings. The van der Waals surface area contributed by atoms with Gasteiger partial charge in [-0.2, -0.15) is 13.2 Å². The highest BCUT2D eigenvalue weighted by Gasteiger charge is 2.36. The molecule has 1 saturated carbocycles. The van der Waals surface area contributed by atoms with Crippen molar-refractivity contribution in [2.45, 2.75) is 36.8 Å². The van der Waals surface area contributed by atoms with Crippen LogP contribution >= 0.6 is 0 Å². The molecule has 1 N–H and O–H groups in total. The summed E-state index contributed by atoms with van der Waals surface area (Å²) in [5, 5.41) is 0.263. The van der Waals surface area contributed by atoms with E-state index in [0.717, 1.165) is 25.0 Å². The zero-order valence-electron chi connectivity index (χ0n) is 17.2. The fraction of sp³-hybridized carbons (Fsp3) is 0.217. The summed E-state index contributed by atoms with van der Waals surface area (Å²) in [6.45, 7) is 1.70. The number of carbonyl (C=O) groups is 1. The van der Waals surface area contributed by atoms with Crippen molar-refractivity contribution in [1.29, 1.82) is 0 Å². The third-order valence-corrected chi connectivity index (χ3v) is 6.94. The summed E-state index contributed by atoms with van der Waals surface area (Å²) in [5.41, 5.74) is 0.217. The minimum Gasteiger partial charge on any atom is -0.451 e. The highest BCUT2D eigenvalue weighted by molar-refractivity contribution is 7.90. The normalized spacial score (nSPS) is 14.7. The van der Waals surface area contributed by atoms with Crippen molar-refractivity contribution in [3.05, 3.63) is 71.1 Å². The summed E-state index contributed by atoms with van der Waals surface area (Å²) < 4.78 is 74.0. The second kappa shape index (κ2) is 7.31. The summed E-state index contributed by atoms with van der Waals surface area (Å²) in [6.07, 6.45) is -3.08. The van der Waals surface area contributed by atoms with E-state index in [1.807, 2.05) is 4.72 Å². The quantitative estimate of drug-likeness (QED) is 0.433. The van der Waals surface area contributed by atoms with E-state index in [9.17, 15) is 26.4 Å². The van der Waals surface area contributed by atoms with Crippen molar-refractivity contribution in [2.24, 2.45) is 0 Å². The number of para-hydroxylation sites is 1. The Balaban J connectivity index is 1.54. The number of carbonyl (C=O) groups excluding carboxylic acids is 1. The number of benzene rings is 2. The lowest BCUT2D eigenvalue weighted by Gasteiger charge is -2.09. The van der Waals surface area contributed by atoms with Crippen molar-refractivity contribution < 1.29 is 30.8 Å². The molecular weight excluding hydrogens is 457 g/mol. The molecule has 0 bridgehead atoms. The summed E-state index contributed by atoms with van der Waals surface area (Å²) in [4.78, 5) is 16.7. The van der Waals surface area contributed by atoms with E-state index in [0.29, 0.717) is 16.6 Å². The highest BCUT2D eigenvalue weighted by Crippen LogP contribution is 2.45. The van der Waals surface area contributed by atoms with Gasteiger partial charge >= 0.3 is 12.1 Å². The van der Waals surface area contributed by atoms with E-state index in [-0.39, 0.29) is 27.3 Å². The molecule has 2 aromatic heterocycles. The molecule has 0 saturated heterocycles. The maximum Gasteiger partial charge on any atom is 0.417 e. The van der Waals surface area contributed by atoms with Crippen molar-refractivity contribution in [3.8, 4) is 0 Å². The van der Waals surface area contributed by atoms with Crippen LogP contribution < -0.4 is 4.72 Å². The van der Waals surface area contributed by atoms with Crippen LogP contribution in [-0.4, -0.2) is 19.3 Å². The molecule has 10 heteroatoms. The predicted octanol–water partition coefficient (Wildman–Crippen LogP) is 5.30. The number of nitrogens with one attached hydrogen (secondary N) is 1. The van der Waals surface area contributed by atoms with Gasteiger partial charge in [-0.15, -0.1) is 0 Å². The molecule has 1 amide bonds. The van der Waals surface area contributed by atoms with Gasteiger partial charge in [-0.3, -0.25) is 9.78 Å². The van der Waals surface area contributed by atoms with Crippen LogP contribution in [0.15, 0.2) is 57.8 Å². The largest absolute Gasteiger partial charge is 0.451 e. The van der Waals surface area contributed by atoms with Crippen LogP contribution in [0.3, 0.4) is 0 Å². The van der Waals surface area contributed by atoms with Crippen LogP contribution in [0, 0.1) is 6.92 Å². The molecule has 2 aromatic carbocycles. The van der Waals surface area contributed by atoms with Crippen LogP contribution in [0.2, 0.25) is 0 Å². The molecule has 6 nitrogen and oxygen atoms in total. The van der Waals surface area contributed by atoms with Gasteiger partial charge < -0.3 is 4.42 Å². The number of fused-ring (bicyclic) bond motifs is 2. The van der Waals surface area contributed by atoms with Gasteiger partial charge in [-0.05, 0) is 61.6 Å². The Morgan fingerprint density at radius 3 is 2.58 bits per heavy atom. The number of aryl methyl sites for hydroxylation is 1. The molecule has 0 aliphatic heterocycles. The first kappa shape index (κ1) is 21.4. The average molecular weight is 474 g/mol. The number of sulfonamides is 1. The number of hydrogen-bond donors (Lipinski definition) is 1. The molecule has 5 rings (SSSR count). The standard InChI is InChI=1S/C23H17F3N2O4S/c1-12-5-6-14-3-2-4-20(21(14)27-12)33(30,31)28-22(29)19-11-16-17(23(24,25)26)9-15(13-7-8-13)10-18(16)32-19/h2-6,9-11,13H,7-8H2,1H3,(H,28,29). The van der Waals surface area contributed by atoms with E-state index in [4.69, 9.17) is 4.42 Å². The maximum atomic E-state index is 13.6. The molecule has 1 fully saturated rings. The van der Waals surface area contributed by atoms with Crippen LogP contribution in [0.5, 0.6) is 0 Å². The van der Waals surface area contributed by atoms with Crippen molar-refractivity contribution in [1.82, 2.24) is 9.71 Å². The number of pyridine rings is 1. The lowest BCUT2D eigenvalue weighted by Crippen LogP contribution is -2.30. The van der Waals surface area contributed by atoms with Gasteiger partial charge in [0.2, 0.25) is 0 Å². The zero-order valence-corrected chi connectivity index (χ0v) is 18.0. The van der Waals surface area contributed by atoms with Crippen LogP contribution in [0.4, 0.5) is 13.2 Å². The first-order chi connectivity index (χ1) is 15.5. The lowest BCUT2D eigenvalue weighted by atomic mass is 10.0. The van der Waals surface area contributed by atoms with Gasteiger partial charge in [0.15, 0.2) is 5.76 Å². The predicted molar refractivity (Wildman–Crippen MR) is 114 cm³/mol. The molecule has 0 spiro atoms. The van der Waals surface area contributed by atoms with E-state index in [2.05, 4.69) is 4.98 Å². The lowest BCUT2D eigenvalue weighted by molar-refractivity contribution is -0.136. The van der Waals surface area contributed by atoms with E-state index < -0.39 is 33.4 Å². The summed E-state index contributed by atoms with van der Waals surface area (Å²) in [5.74, 6) is -1.67. The molecule has 1 aliphatic rings. The molecule has 170 valence electrons. The number of hydrogen-bond acceptors (Lipinski definition) is 5. The SMILES string of the molecule is Cc1ccc2cccc(S(=O)(=O)NC(=O)c3cc4c(C(F)(F)F)cc(C5CC5)cc4o3)c2n1. The van der Waals surface area contributed by atoms with Crippen molar-refractivity contribution in [2.75, 3.05) is 0 Å². The minimum atomic E-state index is -4.65. The zero-order chi connectivity index (χ0) is 23.5. The smallest absolute Gasteiger partial charge is 0.417 e. The number of nitrogens with zero attached hydrogens (tertiary/aromatic N) is 1. The number of halogens is 3. The Labute approximate surface area is 186 Å². The topological polar surface area (TPSA) is 89.3 Å². The summed E-state index contributed by atoms with van der Waals surface area (Å²) in [7, 11) is -4.38. The second-order valence-corrected chi connectivity index (χ2v) is 9.73. The van der Waals surface area contributed by atoms with Gasteiger partial charge in [0, 0.05) is 16.5 Å². The van der Waals surface area contributed by atoms with E-state index >= 15 is 0 Å². The van der Waals surface area contributed by atoms with Crippen LogP contribution in [0.1, 0.15) is 46.1 Å². The molecule has 1 aliphatic carbocycles. The maximum absolute atomic E-state index is 13.6. The van der Waals surface area contributed by atoms with Crippen molar-refractivity contribution >= 4 is 37.8 Å². The molecule has 0 unspecified atom stereocenters. The Morgan fingerprint density at radius 1 is 1.12 bits per heavy atom. The van der Waals surface area contributed by atoms with Crippen LogP contribution in [-0.2, 0) is 16.2 Å². The molecule has 0 atom stereocenters. The monoisotopic (exact) mass is 474 g/mol. The summed E-state index contributed by atoms with van der Waals surface area (Å²) in [6, 6.07) is 11.4. The number of furan rings is 1. The van der Waals surface area contributed by atoms with E-state index in [1.54, 1.807) is 25.1 Å². The molecule has 2 heterocycles. The van der Waals surface area contributed by atoms with Crippen LogP contribution in [0.25, 0.3) is 21.9 Å². The number of alkyl halides is 3. The second-order valence-electron chi connectivity index (χ2n) is 8.08. The third-order valence-electron chi connectivity index (χ3n) is 5.58. The minimum absolute atomic E-state index is 0.0283. The summed E-state index contributed by atoms with van der Waals surface area (Å²) >= 11 is 0. The first-order valence-electron chi connectivity index (χ1n) is 10.1. The average Bonchev–Trinajstić information content (AvgIpc) is 3.49. The van der Waals surface area contributed by atoms with Gasteiger partial charge in [0.25, 0.3) is 10.0 Å². The Morgan fingerprint density at radius 2 is 1.88 bits per heavy atom. The number of amides is 1. The van der Waals surface area contributed by atoms with E-state index in [1.165, 1.54) is 18.2 Å².